The van der Waals surface area contributed by atoms with Crippen LogP contribution >= 0.6 is 46.4 Å². The number of hydrogen-bond donors (Lipinski definition) is 2. The Morgan fingerprint density at radius 1 is 1.10 bits per heavy atom. The van der Waals surface area contributed by atoms with Crippen molar-refractivity contribution in [2.75, 3.05) is 0 Å². The molecule has 0 aromatic heterocycles. The standard InChI is InChI=1S/C11H5Cl4NO4/c12-10(9(19)20,11(13,14)15)5-3-1-2-4-6(5)8(18)16-7(4)17/h1-3H,(H,19,20)(H,16,17,18). The predicted molar refractivity (Wildman–Crippen MR) is 73.7 cm³/mol. The molecule has 5 nitrogen and oxygen atoms in total. The smallest absolute Gasteiger partial charge is 0.333 e. The van der Waals surface area contributed by atoms with E-state index in [1.54, 1.807) is 0 Å². The Morgan fingerprint density at radius 3 is 2.20 bits per heavy atom. The summed E-state index contributed by atoms with van der Waals surface area (Å²) in [4.78, 5) is 32.3. The normalized spacial score (nSPS) is 17.4. The number of rotatable bonds is 2. The molecule has 0 bridgehead atoms. The summed E-state index contributed by atoms with van der Waals surface area (Å²) >= 11 is 23.0. The Hall–Kier alpha value is -1.01. The molecule has 0 spiro atoms. The summed E-state index contributed by atoms with van der Waals surface area (Å²) in [5.74, 6) is -3.11. The van der Waals surface area contributed by atoms with Gasteiger partial charge in [-0.1, -0.05) is 58.5 Å². The van der Waals surface area contributed by atoms with Gasteiger partial charge < -0.3 is 5.11 Å². The van der Waals surface area contributed by atoms with E-state index in [2.05, 4.69) is 0 Å². The van der Waals surface area contributed by atoms with Gasteiger partial charge in [0.25, 0.3) is 11.8 Å². The minimum atomic E-state index is -2.51. The molecule has 1 aliphatic rings. The number of carboxylic acids is 1. The van der Waals surface area contributed by atoms with E-state index in [1.807, 2.05) is 5.32 Å². The van der Waals surface area contributed by atoms with Gasteiger partial charge in [-0.05, 0) is 6.07 Å². The lowest BCUT2D eigenvalue weighted by atomic mass is 9.92. The number of nitrogens with one attached hydrogen (secondary N) is 1. The highest BCUT2D eigenvalue weighted by Crippen LogP contribution is 2.51. The van der Waals surface area contributed by atoms with Crippen LogP contribution in [0.2, 0.25) is 0 Å². The largest absolute Gasteiger partial charge is 0.480 e. The molecule has 0 radical (unpaired) electrons. The van der Waals surface area contributed by atoms with Gasteiger partial charge in [-0.3, -0.25) is 14.9 Å². The van der Waals surface area contributed by atoms with Gasteiger partial charge >= 0.3 is 5.97 Å². The number of amides is 2. The van der Waals surface area contributed by atoms with Crippen LogP contribution in [0.25, 0.3) is 0 Å². The van der Waals surface area contributed by atoms with Crippen molar-refractivity contribution in [3.8, 4) is 0 Å². The zero-order valence-electron chi connectivity index (χ0n) is 9.42. The number of benzene rings is 1. The average Bonchev–Trinajstić information content (AvgIpc) is 2.62. The number of imide groups is 1. The highest BCUT2D eigenvalue weighted by atomic mass is 35.6. The first-order chi connectivity index (χ1) is 9.10. The lowest BCUT2D eigenvalue weighted by molar-refractivity contribution is -0.140. The Kier molecular flexibility index (Phi) is 3.67. The van der Waals surface area contributed by atoms with E-state index in [-0.39, 0.29) is 16.7 Å². The molecule has 1 unspecified atom stereocenters. The minimum Gasteiger partial charge on any atom is -0.480 e. The fourth-order valence-corrected chi connectivity index (χ4v) is 2.60. The molecule has 0 fully saturated rings. The summed E-state index contributed by atoms with van der Waals surface area (Å²) in [6.07, 6.45) is 0. The van der Waals surface area contributed by atoms with E-state index in [0.29, 0.717) is 0 Å². The molecule has 106 valence electrons. The summed E-state index contributed by atoms with van der Waals surface area (Å²) < 4.78 is -2.44. The summed E-state index contributed by atoms with van der Waals surface area (Å²) in [5.41, 5.74) is -0.484. The Labute approximate surface area is 132 Å². The first-order valence-corrected chi connectivity index (χ1v) is 6.60. The van der Waals surface area contributed by atoms with Crippen LogP contribution < -0.4 is 5.32 Å². The van der Waals surface area contributed by atoms with Crippen LogP contribution in [-0.4, -0.2) is 26.7 Å². The third-order valence-corrected chi connectivity index (χ3v) is 4.61. The quantitative estimate of drug-likeness (QED) is 0.629. The number of fused-ring (bicyclic) bond motifs is 1. The van der Waals surface area contributed by atoms with E-state index in [0.717, 1.165) is 0 Å². The van der Waals surface area contributed by atoms with Gasteiger partial charge in [0.05, 0.1) is 11.1 Å². The second-order valence-electron chi connectivity index (χ2n) is 3.97. The van der Waals surface area contributed by atoms with Gasteiger partial charge in [0, 0.05) is 5.56 Å². The number of carboxylic acid groups (broad SMARTS) is 1. The average molecular weight is 357 g/mol. The van der Waals surface area contributed by atoms with Crippen molar-refractivity contribution in [3.63, 3.8) is 0 Å². The van der Waals surface area contributed by atoms with Crippen molar-refractivity contribution >= 4 is 64.2 Å². The molecular formula is C11H5Cl4NO4. The Morgan fingerprint density at radius 2 is 1.70 bits per heavy atom. The van der Waals surface area contributed by atoms with Crippen LogP contribution in [0.1, 0.15) is 26.3 Å². The fraction of sp³-hybridized carbons (Fsp3) is 0.182. The fourth-order valence-electron chi connectivity index (χ4n) is 1.90. The maximum atomic E-state index is 11.8. The second-order valence-corrected chi connectivity index (χ2v) is 6.82. The molecule has 9 heteroatoms. The van der Waals surface area contributed by atoms with E-state index in [1.165, 1.54) is 18.2 Å². The molecule has 1 aliphatic heterocycles. The van der Waals surface area contributed by atoms with Crippen LogP contribution in [0.5, 0.6) is 0 Å². The lowest BCUT2D eigenvalue weighted by Gasteiger charge is -2.30. The molecule has 0 saturated carbocycles. The third-order valence-electron chi connectivity index (χ3n) is 2.82. The van der Waals surface area contributed by atoms with E-state index in [4.69, 9.17) is 46.4 Å². The molecule has 0 saturated heterocycles. The summed E-state index contributed by atoms with van der Waals surface area (Å²) in [5, 5.41) is 11.3. The van der Waals surface area contributed by atoms with Crippen molar-refractivity contribution in [1.29, 1.82) is 0 Å². The molecule has 1 atom stereocenters. The topological polar surface area (TPSA) is 83.5 Å². The van der Waals surface area contributed by atoms with Gasteiger partial charge in [0.15, 0.2) is 0 Å². The maximum absolute atomic E-state index is 11.8. The van der Waals surface area contributed by atoms with Crippen LogP contribution in [0.4, 0.5) is 0 Å². The maximum Gasteiger partial charge on any atom is 0.333 e. The van der Waals surface area contributed by atoms with Gasteiger partial charge in [-0.2, -0.15) is 0 Å². The van der Waals surface area contributed by atoms with Gasteiger partial charge in [0.1, 0.15) is 0 Å². The predicted octanol–water partition coefficient (Wildman–Crippen LogP) is 2.46. The number of carbonyl (C=O) groups excluding carboxylic acids is 2. The van der Waals surface area contributed by atoms with Gasteiger partial charge in [0.2, 0.25) is 8.67 Å². The number of carbonyl (C=O) groups is 3. The summed E-state index contributed by atoms with van der Waals surface area (Å²) in [6.45, 7) is 0. The highest BCUT2D eigenvalue weighted by molar-refractivity contribution is 6.72. The van der Waals surface area contributed by atoms with Crippen LogP contribution in [0, 0.1) is 0 Å². The van der Waals surface area contributed by atoms with Crippen LogP contribution in [0.15, 0.2) is 18.2 Å². The highest BCUT2D eigenvalue weighted by Gasteiger charge is 2.57. The lowest BCUT2D eigenvalue weighted by Crippen LogP contribution is -2.43. The minimum absolute atomic E-state index is 0.0203. The zero-order chi connectivity index (χ0) is 15.3. The molecule has 1 aromatic carbocycles. The third kappa shape index (κ3) is 2.05. The Balaban J connectivity index is 2.80. The van der Waals surface area contributed by atoms with Crippen molar-refractivity contribution in [1.82, 2.24) is 5.32 Å². The number of aliphatic carboxylic acids is 1. The van der Waals surface area contributed by atoms with Gasteiger partial charge in [-0.25, -0.2) is 4.79 Å². The molecule has 2 rings (SSSR count). The molecule has 0 aliphatic carbocycles. The molecular weight excluding hydrogens is 352 g/mol. The zero-order valence-corrected chi connectivity index (χ0v) is 12.4. The van der Waals surface area contributed by atoms with Crippen molar-refractivity contribution in [2.45, 2.75) is 8.67 Å². The van der Waals surface area contributed by atoms with Crippen molar-refractivity contribution in [3.05, 3.63) is 34.9 Å². The van der Waals surface area contributed by atoms with E-state index >= 15 is 0 Å². The van der Waals surface area contributed by atoms with Crippen molar-refractivity contribution in [2.24, 2.45) is 0 Å². The molecule has 1 heterocycles. The molecule has 1 aromatic rings. The number of alkyl halides is 4. The number of halogens is 4. The molecule has 20 heavy (non-hydrogen) atoms. The summed E-state index contributed by atoms with van der Waals surface area (Å²) in [6, 6.07) is 3.92. The Bertz CT molecular complexity index is 640. The van der Waals surface area contributed by atoms with E-state index < -0.39 is 26.5 Å². The molecule has 2 N–H and O–H groups in total. The van der Waals surface area contributed by atoms with Crippen LogP contribution in [-0.2, 0) is 9.67 Å². The monoisotopic (exact) mass is 355 g/mol. The molecule has 2 amide bonds. The van der Waals surface area contributed by atoms with Crippen molar-refractivity contribution < 1.29 is 19.5 Å². The first-order valence-electron chi connectivity index (χ1n) is 5.09. The SMILES string of the molecule is O=C1NC(=O)c2c1cccc2C(Cl)(C(=O)O)C(Cl)(Cl)Cl. The van der Waals surface area contributed by atoms with Crippen LogP contribution in [0.3, 0.4) is 0 Å². The summed E-state index contributed by atoms with van der Waals surface area (Å²) in [7, 11) is 0. The van der Waals surface area contributed by atoms with E-state index in [9.17, 15) is 19.5 Å². The first kappa shape index (κ1) is 15.4. The second kappa shape index (κ2) is 4.77. The van der Waals surface area contributed by atoms with Gasteiger partial charge in [-0.15, -0.1) is 0 Å². The number of hydrogen-bond acceptors (Lipinski definition) is 3.